The largest absolute Gasteiger partial charge is 0.383 e. The first-order valence-corrected chi connectivity index (χ1v) is 5.76. The Balaban J connectivity index is 2.11. The molecule has 0 aromatic heterocycles. The molecule has 2 aliphatic rings. The Hall–Kier alpha value is -1.32. The molecule has 1 aliphatic carbocycles. The van der Waals surface area contributed by atoms with Crippen LogP contribution >= 0.6 is 0 Å². The maximum absolute atomic E-state index is 11.9. The van der Waals surface area contributed by atoms with Gasteiger partial charge in [-0.1, -0.05) is 0 Å². The van der Waals surface area contributed by atoms with Gasteiger partial charge in [0.2, 0.25) is 5.91 Å². The molecular weight excluding hydrogens is 204 g/mol. The Morgan fingerprint density at radius 2 is 2.06 bits per heavy atom. The molecular formula is C12H18N2O2. The van der Waals surface area contributed by atoms with Gasteiger partial charge in [0.1, 0.15) is 0 Å². The lowest BCUT2D eigenvalue weighted by Crippen LogP contribution is -2.48. The van der Waals surface area contributed by atoms with Crippen LogP contribution < -0.4 is 5.32 Å². The average molecular weight is 222 g/mol. The summed E-state index contributed by atoms with van der Waals surface area (Å²) < 4.78 is 0. The summed E-state index contributed by atoms with van der Waals surface area (Å²) in [6.07, 6.45) is 4.58. The predicted molar refractivity (Wildman–Crippen MR) is 60.7 cm³/mol. The molecule has 1 saturated carbocycles. The van der Waals surface area contributed by atoms with Crippen LogP contribution in [0.5, 0.6) is 0 Å². The minimum absolute atomic E-state index is 0.125. The van der Waals surface area contributed by atoms with Gasteiger partial charge in [-0.3, -0.25) is 9.59 Å². The molecule has 2 rings (SSSR count). The zero-order chi connectivity index (χ0) is 11.7. The van der Waals surface area contributed by atoms with E-state index in [-0.39, 0.29) is 17.7 Å². The Bertz CT molecular complexity index is 347. The van der Waals surface area contributed by atoms with E-state index in [0.29, 0.717) is 25.2 Å². The number of hydrogen-bond acceptors (Lipinski definition) is 3. The second-order valence-electron chi connectivity index (χ2n) is 4.92. The highest BCUT2D eigenvalue weighted by Gasteiger charge is 2.36. The van der Waals surface area contributed by atoms with Crippen LogP contribution in [0.3, 0.4) is 0 Å². The molecule has 2 fully saturated rings. The molecule has 0 aromatic rings. The van der Waals surface area contributed by atoms with E-state index < -0.39 is 0 Å². The third kappa shape index (κ3) is 2.26. The first-order chi connectivity index (χ1) is 7.56. The minimum Gasteiger partial charge on any atom is -0.383 e. The standard InChI is InChI=1S/C12H18N2O2/c1-14(2)7-9-5-10-8(6-11(9)15)3-4-12(16)13-10/h7-8,10H,3-6H2,1-2H3,(H,13,16)/t8-,10-/m0/s1. The van der Waals surface area contributed by atoms with Crippen molar-refractivity contribution in [1.82, 2.24) is 10.2 Å². The van der Waals surface area contributed by atoms with Crippen molar-refractivity contribution in [3.63, 3.8) is 0 Å². The van der Waals surface area contributed by atoms with Crippen LogP contribution in [0.2, 0.25) is 0 Å². The van der Waals surface area contributed by atoms with Crippen molar-refractivity contribution in [3.8, 4) is 0 Å². The van der Waals surface area contributed by atoms with E-state index in [1.54, 1.807) is 0 Å². The quantitative estimate of drug-likeness (QED) is 0.664. The molecule has 1 heterocycles. The summed E-state index contributed by atoms with van der Waals surface area (Å²) in [6.45, 7) is 0. The SMILES string of the molecule is CN(C)C=C1C[C@@H]2NC(=O)CC[C@H]2CC1=O. The monoisotopic (exact) mass is 222 g/mol. The van der Waals surface area contributed by atoms with Crippen molar-refractivity contribution in [2.45, 2.75) is 31.7 Å². The van der Waals surface area contributed by atoms with Crippen LogP contribution in [0, 0.1) is 5.92 Å². The Kier molecular flexibility index (Phi) is 2.99. The van der Waals surface area contributed by atoms with Gasteiger partial charge in [0.25, 0.3) is 0 Å². The van der Waals surface area contributed by atoms with E-state index in [9.17, 15) is 9.59 Å². The van der Waals surface area contributed by atoms with E-state index in [1.807, 2.05) is 25.2 Å². The van der Waals surface area contributed by atoms with E-state index >= 15 is 0 Å². The molecule has 4 nitrogen and oxygen atoms in total. The van der Waals surface area contributed by atoms with Gasteiger partial charge in [0.05, 0.1) is 0 Å². The fraction of sp³-hybridized carbons (Fsp3) is 0.667. The second-order valence-corrected chi connectivity index (χ2v) is 4.92. The van der Waals surface area contributed by atoms with Crippen molar-refractivity contribution in [1.29, 1.82) is 0 Å². The fourth-order valence-corrected chi connectivity index (χ4v) is 2.53. The van der Waals surface area contributed by atoms with Gasteiger partial charge >= 0.3 is 0 Å². The van der Waals surface area contributed by atoms with Crippen molar-refractivity contribution in [2.75, 3.05) is 14.1 Å². The lowest BCUT2D eigenvalue weighted by atomic mass is 9.76. The van der Waals surface area contributed by atoms with Crippen LogP contribution in [0.15, 0.2) is 11.8 Å². The number of ketones is 1. The number of fused-ring (bicyclic) bond motifs is 1. The van der Waals surface area contributed by atoms with E-state index in [0.717, 1.165) is 12.0 Å². The van der Waals surface area contributed by atoms with Crippen LogP contribution in [0.25, 0.3) is 0 Å². The molecule has 2 atom stereocenters. The van der Waals surface area contributed by atoms with Crippen LogP contribution in [-0.4, -0.2) is 36.7 Å². The normalized spacial score (nSPS) is 32.2. The summed E-state index contributed by atoms with van der Waals surface area (Å²) >= 11 is 0. The molecule has 16 heavy (non-hydrogen) atoms. The Labute approximate surface area is 95.7 Å². The molecule has 4 heteroatoms. The number of carbonyl (C=O) groups excluding carboxylic acids is 2. The highest BCUT2D eigenvalue weighted by Crippen LogP contribution is 2.31. The topological polar surface area (TPSA) is 49.4 Å². The van der Waals surface area contributed by atoms with E-state index in [4.69, 9.17) is 0 Å². The number of nitrogens with one attached hydrogen (secondary N) is 1. The highest BCUT2D eigenvalue weighted by atomic mass is 16.2. The van der Waals surface area contributed by atoms with E-state index in [2.05, 4.69) is 5.32 Å². The van der Waals surface area contributed by atoms with Gasteiger partial charge in [-0.15, -0.1) is 0 Å². The Morgan fingerprint density at radius 3 is 2.75 bits per heavy atom. The maximum atomic E-state index is 11.9. The first-order valence-electron chi connectivity index (χ1n) is 5.76. The zero-order valence-electron chi connectivity index (χ0n) is 9.82. The summed E-state index contributed by atoms with van der Waals surface area (Å²) in [7, 11) is 3.82. The first kappa shape index (κ1) is 11.2. The molecule has 0 aromatic carbocycles. The van der Waals surface area contributed by atoms with Crippen LogP contribution in [-0.2, 0) is 9.59 Å². The van der Waals surface area contributed by atoms with Crippen molar-refractivity contribution in [2.24, 2.45) is 5.92 Å². The number of Topliss-reactive ketones (excluding diaryl/α,β-unsaturated/α-hetero) is 1. The number of carbonyl (C=O) groups is 2. The molecule has 0 bridgehead atoms. The molecule has 0 spiro atoms. The minimum atomic E-state index is 0.125. The molecule has 0 unspecified atom stereocenters. The molecule has 1 aliphatic heterocycles. The van der Waals surface area contributed by atoms with Crippen LogP contribution in [0.1, 0.15) is 25.7 Å². The van der Waals surface area contributed by atoms with E-state index in [1.165, 1.54) is 0 Å². The summed E-state index contributed by atoms with van der Waals surface area (Å²) in [5.74, 6) is 0.718. The number of amides is 1. The fourth-order valence-electron chi connectivity index (χ4n) is 2.53. The van der Waals surface area contributed by atoms with Gasteiger partial charge in [0.15, 0.2) is 5.78 Å². The molecule has 1 N–H and O–H groups in total. The van der Waals surface area contributed by atoms with Crippen molar-refractivity contribution in [3.05, 3.63) is 11.8 Å². The summed E-state index contributed by atoms with van der Waals surface area (Å²) in [5, 5.41) is 2.99. The predicted octanol–water partition coefficient (Wildman–Crippen LogP) is 0.690. The van der Waals surface area contributed by atoms with Crippen molar-refractivity contribution < 1.29 is 9.59 Å². The van der Waals surface area contributed by atoms with Gasteiger partial charge < -0.3 is 10.2 Å². The molecule has 88 valence electrons. The van der Waals surface area contributed by atoms with Crippen LogP contribution in [0.4, 0.5) is 0 Å². The smallest absolute Gasteiger partial charge is 0.220 e. The maximum Gasteiger partial charge on any atom is 0.220 e. The number of nitrogens with zero attached hydrogens (tertiary/aromatic N) is 1. The number of piperidine rings is 1. The number of rotatable bonds is 1. The number of hydrogen-bond donors (Lipinski definition) is 1. The molecule has 0 radical (unpaired) electrons. The van der Waals surface area contributed by atoms with Gasteiger partial charge in [-0.05, 0) is 18.8 Å². The van der Waals surface area contributed by atoms with Gasteiger partial charge in [0, 0.05) is 44.8 Å². The average Bonchev–Trinajstić information content (AvgIpc) is 2.19. The third-order valence-electron chi connectivity index (χ3n) is 3.32. The highest BCUT2D eigenvalue weighted by molar-refractivity contribution is 5.96. The van der Waals surface area contributed by atoms with Gasteiger partial charge in [-0.25, -0.2) is 0 Å². The second kappa shape index (κ2) is 4.28. The lowest BCUT2D eigenvalue weighted by Gasteiger charge is -2.36. The summed E-state index contributed by atoms with van der Waals surface area (Å²) in [4.78, 5) is 25.0. The lowest BCUT2D eigenvalue weighted by molar-refractivity contribution is -0.127. The third-order valence-corrected chi connectivity index (χ3v) is 3.32. The van der Waals surface area contributed by atoms with Gasteiger partial charge in [-0.2, -0.15) is 0 Å². The summed E-state index contributed by atoms with van der Waals surface area (Å²) in [5.41, 5.74) is 0.841. The Morgan fingerprint density at radius 1 is 1.31 bits per heavy atom. The van der Waals surface area contributed by atoms with Crippen molar-refractivity contribution >= 4 is 11.7 Å². The molecule has 1 amide bonds. The summed E-state index contributed by atoms with van der Waals surface area (Å²) in [6, 6.07) is 0.171. The molecule has 1 saturated heterocycles. The zero-order valence-corrected chi connectivity index (χ0v) is 9.82.